The second-order valence-electron chi connectivity index (χ2n) is 8.34. The fraction of sp³-hybridized carbons (Fsp3) is 0.810. The minimum Gasteiger partial charge on any atom is -0.528 e. The number of nitrogens with zero attached hydrogens (tertiary/aromatic N) is 2. The van der Waals surface area contributed by atoms with Gasteiger partial charge >= 0.3 is 17.1 Å². The van der Waals surface area contributed by atoms with Crippen LogP contribution >= 0.6 is 0 Å². The summed E-state index contributed by atoms with van der Waals surface area (Å²) in [6, 6.07) is 0.831. The van der Waals surface area contributed by atoms with Crippen molar-refractivity contribution < 1.29 is 17.1 Å². The zero-order valence-corrected chi connectivity index (χ0v) is 18.7. The van der Waals surface area contributed by atoms with E-state index in [1.807, 2.05) is 0 Å². The summed E-state index contributed by atoms with van der Waals surface area (Å²) in [6.45, 7) is 29.0. The normalized spacial score (nSPS) is 34.2. The van der Waals surface area contributed by atoms with Crippen LogP contribution in [-0.2, 0) is 17.1 Å². The van der Waals surface area contributed by atoms with E-state index < -0.39 is 0 Å². The molecule has 0 radical (unpaired) electrons. The predicted molar refractivity (Wildman–Crippen MR) is 102 cm³/mol. The van der Waals surface area contributed by atoms with Crippen LogP contribution in [0.25, 0.3) is 0 Å². The van der Waals surface area contributed by atoms with Crippen LogP contribution in [0.5, 0.6) is 0 Å². The van der Waals surface area contributed by atoms with E-state index in [9.17, 15) is 0 Å². The third-order valence-corrected chi connectivity index (χ3v) is 6.72. The smallest absolute Gasteiger partial charge is 0.528 e. The van der Waals surface area contributed by atoms with Gasteiger partial charge < -0.3 is 16.7 Å². The van der Waals surface area contributed by atoms with Gasteiger partial charge in [0.1, 0.15) is 0 Å². The maximum Gasteiger partial charge on any atom is 2.00 e. The van der Waals surface area contributed by atoms with Crippen LogP contribution in [-0.4, -0.2) is 21.9 Å². The molecule has 1 aliphatic carbocycles. The van der Waals surface area contributed by atoms with Gasteiger partial charge in [0.15, 0.2) is 0 Å². The van der Waals surface area contributed by atoms with E-state index in [4.69, 9.17) is 0 Å². The SMILES string of the molecule is CC1C(C)C(C)C(C)C1C.[CH2-]C(C)N1[CH-]N(C(C)C)C(C)=C1C.[Fe+2]. The molecule has 0 saturated heterocycles. The van der Waals surface area contributed by atoms with Gasteiger partial charge in [0, 0.05) is 0 Å². The van der Waals surface area contributed by atoms with Crippen LogP contribution in [0.3, 0.4) is 0 Å². The van der Waals surface area contributed by atoms with Crippen molar-refractivity contribution in [1.82, 2.24) is 9.80 Å². The molecular weight excluding hydrogens is 336 g/mol. The first-order valence-electron chi connectivity index (χ1n) is 9.42. The molecular formula is C21H40FeN2. The summed E-state index contributed by atoms with van der Waals surface area (Å²) in [5.41, 5.74) is 2.65. The van der Waals surface area contributed by atoms with Crippen LogP contribution in [0.15, 0.2) is 11.4 Å². The molecule has 2 rings (SSSR count). The van der Waals surface area contributed by atoms with Gasteiger partial charge in [-0.1, -0.05) is 41.5 Å². The molecule has 0 aromatic rings. The van der Waals surface area contributed by atoms with Crippen LogP contribution in [0.1, 0.15) is 69.2 Å². The third-order valence-electron chi connectivity index (χ3n) is 6.72. The Morgan fingerprint density at radius 1 is 0.750 bits per heavy atom. The summed E-state index contributed by atoms with van der Waals surface area (Å²) in [5.74, 6) is 4.68. The molecule has 0 spiro atoms. The maximum atomic E-state index is 4.03. The monoisotopic (exact) mass is 376 g/mol. The van der Waals surface area contributed by atoms with Crippen molar-refractivity contribution in [2.45, 2.75) is 81.3 Å². The molecule has 1 saturated carbocycles. The number of allylic oxidation sites excluding steroid dienone is 2. The fourth-order valence-electron chi connectivity index (χ4n) is 4.04. The van der Waals surface area contributed by atoms with Gasteiger partial charge in [-0.15, -0.1) is 6.04 Å². The van der Waals surface area contributed by atoms with Crippen LogP contribution in [0, 0.1) is 43.2 Å². The molecule has 1 heterocycles. The molecule has 0 N–H and O–H groups in total. The van der Waals surface area contributed by atoms with Crippen molar-refractivity contribution >= 4 is 0 Å². The largest absolute Gasteiger partial charge is 2.00 e. The molecule has 3 heteroatoms. The summed E-state index contributed by atoms with van der Waals surface area (Å²) in [7, 11) is 0. The molecule has 1 unspecified atom stereocenters. The predicted octanol–water partition coefficient (Wildman–Crippen LogP) is 5.78. The number of rotatable bonds is 2. The van der Waals surface area contributed by atoms with Crippen molar-refractivity contribution in [3.8, 4) is 0 Å². The molecule has 24 heavy (non-hydrogen) atoms. The molecule has 0 aromatic heterocycles. The number of hydrogen-bond donors (Lipinski definition) is 0. The van der Waals surface area contributed by atoms with Gasteiger partial charge in [-0.2, -0.15) is 6.67 Å². The summed E-state index contributed by atoms with van der Waals surface area (Å²) >= 11 is 0. The molecule has 0 aromatic carbocycles. The van der Waals surface area contributed by atoms with Gasteiger partial charge in [0.25, 0.3) is 0 Å². The molecule has 0 bridgehead atoms. The van der Waals surface area contributed by atoms with E-state index in [2.05, 4.69) is 92.6 Å². The van der Waals surface area contributed by atoms with Crippen molar-refractivity contribution in [3.05, 3.63) is 25.0 Å². The minimum absolute atomic E-state index is 0. The standard InChI is InChI=1S/C11H20N2.C10H20.Fe/c1-8(2)12-7-13(9(3)4)11(6)10(12)5;1-6-7(2)9(4)10(5)8(6)3;/h7-9H,1H2,2-6H3;6-10H,1-5H3;/q-2;;+2. The van der Waals surface area contributed by atoms with Crippen molar-refractivity contribution in [2.24, 2.45) is 29.6 Å². The maximum absolute atomic E-state index is 4.03. The quantitative estimate of drug-likeness (QED) is 0.445. The fourth-order valence-corrected chi connectivity index (χ4v) is 4.04. The molecule has 1 aliphatic heterocycles. The second-order valence-corrected chi connectivity index (χ2v) is 8.34. The molecule has 0 amide bonds. The van der Waals surface area contributed by atoms with Crippen LogP contribution in [0.4, 0.5) is 0 Å². The summed E-state index contributed by atoms with van der Waals surface area (Å²) < 4.78 is 0. The summed E-state index contributed by atoms with van der Waals surface area (Å²) in [5, 5.41) is 0. The zero-order valence-electron chi connectivity index (χ0n) is 17.6. The third kappa shape index (κ3) is 4.94. The van der Waals surface area contributed by atoms with E-state index in [0.29, 0.717) is 12.1 Å². The van der Waals surface area contributed by atoms with E-state index in [1.165, 1.54) is 11.4 Å². The van der Waals surface area contributed by atoms with Gasteiger partial charge in [0.05, 0.1) is 0 Å². The summed E-state index contributed by atoms with van der Waals surface area (Å²) in [6.07, 6.45) is 0. The molecule has 1 fully saturated rings. The molecule has 1 atom stereocenters. The van der Waals surface area contributed by atoms with Crippen LogP contribution in [0.2, 0.25) is 0 Å². The Hall–Kier alpha value is -0.141. The minimum atomic E-state index is 0. The van der Waals surface area contributed by atoms with Gasteiger partial charge in [0.2, 0.25) is 0 Å². The Bertz CT molecular complexity index is 349. The Kier molecular flexibility index (Phi) is 9.47. The number of hydrogen-bond acceptors (Lipinski definition) is 2. The van der Waals surface area contributed by atoms with Gasteiger partial charge in [-0.05, 0) is 74.7 Å². The average molecular weight is 376 g/mol. The van der Waals surface area contributed by atoms with Gasteiger partial charge in [-0.3, -0.25) is 0 Å². The Morgan fingerprint density at radius 3 is 1.21 bits per heavy atom. The Morgan fingerprint density at radius 2 is 1.04 bits per heavy atom. The van der Waals surface area contributed by atoms with Crippen molar-refractivity contribution in [1.29, 1.82) is 0 Å². The topological polar surface area (TPSA) is 6.48 Å². The zero-order chi connectivity index (χ0) is 18.1. The summed E-state index contributed by atoms with van der Waals surface area (Å²) in [4.78, 5) is 4.51. The molecule has 2 aliphatic rings. The van der Waals surface area contributed by atoms with E-state index in [-0.39, 0.29) is 17.1 Å². The van der Waals surface area contributed by atoms with Crippen LogP contribution < -0.4 is 0 Å². The first-order valence-corrected chi connectivity index (χ1v) is 9.42. The Labute approximate surface area is 162 Å². The van der Waals surface area contributed by atoms with E-state index in [1.54, 1.807) is 0 Å². The Balaban J connectivity index is 0.000000436. The molecule has 2 nitrogen and oxygen atoms in total. The average Bonchev–Trinajstić information content (AvgIpc) is 2.87. The van der Waals surface area contributed by atoms with E-state index in [0.717, 1.165) is 29.6 Å². The molecule has 142 valence electrons. The second kappa shape index (κ2) is 9.53. The first kappa shape index (κ1) is 23.9. The van der Waals surface area contributed by atoms with Crippen molar-refractivity contribution in [3.63, 3.8) is 0 Å². The van der Waals surface area contributed by atoms with Crippen molar-refractivity contribution in [2.75, 3.05) is 0 Å². The van der Waals surface area contributed by atoms with E-state index >= 15 is 0 Å². The van der Waals surface area contributed by atoms with Gasteiger partial charge in [-0.25, -0.2) is 0 Å². The first-order chi connectivity index (χ1) is 10.5.